The highest BCUT2D eigenvalue weighted by atomic mass is 16.5. The number of benzene rings is 1. The summed E-state index contributed by atoms with van der Waals surface area (Å²) < 4.78 is 6.61. The Labute approximate surface area is 183 Å². The number of fused-ring (bicyclic) bond motifs is 1. The first-order valence-corrected chi connectivity index (χ1v) is 10.9. The molecule has 1 spiro atoms. The van der Waals surface area contributed by atoms with Gasteiger partial charge in [-0.25, -0.2) is 0 Å². The van der Waals surface area contributed by atoms with Crippen molar-refractivity contribution in [3.05, 3.63) is 59.9 Å². The van der Waals surface area contributed by atoms with Crippen LogP contribution in [0.4, 0.5) is 0 Å². The molecular formula is C24H30N4O3. The highest BCUT2D eigenvalue weighted by molar-refractivity contribution is 5.97. The van der Waals surface area contributed by atoms with Crippen molar-refractivity contribution in [2.24, 2.45) is 0 Å². The third-order valence-corrected chi connectivity index (χ3v) is 6.21. The molecule has 0 aliphatic carbocycles. The predicted molar refractivity (Wildman–Crippen MR) is 118 cm³/mol. The number of ether oxygens (including phenoxy) is 1. The SMILES string of the molecule is CC(NC(=O)c1cccnc1)C(=O)N1Cc2ccccc2OC2(CCCN(C)CC2)C1. The van der Waals surface area contributed by atoms with Gasteiger partial charge in [0.25, 0.3) is 5.91 Å². The number of likely N-dealkylation sites (tertiary alicyclic amines) is 1. The van der Waals surface area contributed by atoms with Gasteiger partial charge in [0.05, 0.1) is 12.1 Å². The standard InChI is InChI=1S/C24H30N4O3/c1-18(26-22(29)19-8-5-12-25-15-19)23(30)28-16-20-7-3-4-9-21(20)31-24(17-28)10-6-13-27(2)14-11-24/h3-5,7-9,12,15,18H,6,10-11,13-14,16-17H2,1-2H3,(H,26,29). The summed E-state index contributed by atoms with van der Waals surface area (Å²) in [7, 11) is 2.13. The van der Waals surface area contributed by atoms with E-state index in [1.165, 1.54) is 6.20 Å². The third kappa shape index (κ3) is 4.88. The first-order chi connectivity index (χ1) is 15.0. The lowest BCUT2D eigenvalue weighted by atomic mass is 9.93. The minimum Gasteiger partial charge on any atom is -0.485 e. The Morgan fingerprint density at radius 1 is 1.16 bits per heavy atom. The lowest BCUT2D eigenvalue weighted by Crippen LogP contribution is -2.52. The van der Waals surface area contributed by atoms with Crippen LogP contribution in [0.1, 0.15) is 42.1 Å². The molecule has 1 aromatic carbocycles. The van der Waals surface area contributed by atoms with Gasteiger partial charge >= 0.3 is 0 Å². The van der Waals surface area contributed by atoms with E-state index in [0.717, 1.165) is 43.7 Å². The molecule has 7 nitrogen and oxygen atoms in total. The van der Waals surface area contributed by atoms with E-state index in [-0.39, 0.29) is 11.8 Å². The Morgan fingerprint density at radius 2 is 2.00 bits per heavy atom. The van der Waals surface area contributed by atoms with Crippen LogP contribution in [0.2, 0.25) is 0 Å². The first kappa shape index (κ1) is 21.3. The Balaban J connectivity index is 1.55. The lowest BCUT2D eigenvalue weighted by molar-refractivity contribution is -0.136. The fourth-order valence-electron chi connectivity index (χ4n) is 4.44. The quantitative estimate of drug-likeness (QED) is 0.823. The molecule has 2 aliphatic heterocycles. The molecule has 4 rings (SSSR count). The van der Waals surface area contributed by atoms with Crippen LogP contribution in [-0.4, -0.2) is 64.9 Å². The zero-order chi connectivity index (χ0) is 21.8. The van der Waals surface area contributed by atoms with Crippen molar-refractivity contribution in [2.45, 2.75) is 44.4 Å². The van der Waals surface area contributed by atoms with Crippen molar-refractivity contribution >= 4 is 11.8 Å². The number of hydrogen-bond donors (Lipinski definition) is 1. The fraction of sp³-hybridized carbons (Fsp3) is 0.458. The number of rotatable bonds is 3. The molecule has 1 N–H and O–H groups in total. The normalized spacial score (nSPS) is 22.6. The number of hydrogen-bond acceptors (Lipinski definition) is 5. The van der Waals surface area contributed by atoms with Crippen molar-refractivity contribution in [1.82, 2.24) is 20.1 Å². The minimum atomic E-state index is -0.650. The van der Waals surface area contributed by atoms with Crippen LogP contribution in [0.5, 0.6) is 5.75 Å². The second kappa shape index (κ2) is 9.06. The van der Waals surface area contributed by atoms with Crippen molar-refractivity contribution in [3.8, 4) is 5.75 Å². The van der Waals surface area contributed by atoms with Crippen LogP contribution in [0.3, 0.4) is 0 Å². The molecule has 1 saturated heterocycles. The molecule has 7 heteroatoms. The lowest BCUT2D eigenvalue weighted by Gasteiger charge is -2.36. The van der Waals surface area contributed by atoms with E-state index in [9.17, 15) is 9.59 Å². The highest BCUT2D eigenvalue weighted by Crippen LogP contribution is 2.35. The molecule has 2 atom stereocenters. The second-order valence-electron chi connectivity index (χ2n) is 8.68. The Hall–Kier alpha value is -2.93. The van der Waals surface area contributed by atoms with Gasteiger partial charge in [-0.1, -0.05) is 18.2 Å². The van der Waals surface area contributed by atoms with Gasteiger partial charge in [0.1, 0.15) is 17.4 Å². The van der Waals surface area contributed by atoms with Gasteiger partial charge in [0.2, 0.25) is 5.91 Å². The highest BCUT2D eigenvalue weighted by Gasteiger charge is 2.41. The van der Waals surface area contributed by atoms with E-state index in [1.54, 1.807) is 25.3 Å². The van der Waals surface area contributed by atoms with Crippen LogP contribution < -0.4 is 10.1 Å². The van der Waals surface area contributed by atoms with Crippen molar-refractivity contribution in [1.29, 1.82) is 0 Å². The van der Waals surface area contributed by atoms with E-state index in [0.29, 0.717) is 18.7 Å². The van der Waals surface area contributed by atoms with Crippen LogP contribution >= 0.6 is 0 Å². The molecule has 0 bridgehead atoms. The molecule has 0 saturated carbocycles. The molecule has 2 unspecified atom stereocenters. The van der Waals surface area contributed by atoms with E-state index in [4.69, 9.17) is 4.74 Å². The van der Waals surface area contributed by atoms with Gasteiger partial charge in [-0.3, -0.25) is 14.6 Å². The maximum atomic E-state index is 13.4. The summed E-state index contributed by atoms with van der Waals surface area (Å²) in [6.45, 7) is 4.68. The Morgan fingerprint density at radius 3 is 2.81 bits per heavy atom. The van der Waals surface area contributed by atoms with Gasteiger partial charge in [0.15, 0.2) is 0 Å². The number of carbonyl (C=O) groups excluding carboxylic acids is 2. The molecule has 3 heterocycles. The summed E-state index contributed by atoms with van der Waals surface area (Å²) in [6.07, 6.45) is 5.89. The topological polar surface area (TPSA) is 74.8 Å². The van der Waals surface area contributed by atoms with Gasteiger partial charge in [-0.2, -0.15) is 0 Å². The predicted octanol–water partition coefficient (Wildman–Crippen LogP) is 2.48. The molecule has 31 heavy (non-hydrogen) atoms. The van der Waals surface area contributed by atoms with Gasteiger partial charge < -0.3 is 19.9 Å². The second-order valence-corrected chi connectivity index (χ2v) is 8.68. The van der Waals surface area contributed by atoms with E-state index in [1.807, 2.05) is 29.2 Å². The van der Waals surface area contributed by atoms with Crippen molar-refractivity contribution in [3.63, 3.8) is 0 Å². The molecule has 0 radical (unpaired) electrons. The summed E-state index contributed by atoms with van der Waals surface area (Å²) in [6, 6.07) is 10.7. The van der Waals surface area contributed by atoms with E-state index < -0.39 is 11.6 Å². The first-order valence-electron chi connectivity index (χ1n) is 10.9. The summed E-state index contributed by atoms with van der Waals surface area (Å²) in [4.78, 5) is 34.1. The average molecular weight is 423 g/mol. The number of aromatic nitrogens is 1. The zero-order valence-corrected chi connectivity index (χ0v) is 18.2. The summed E-state index contributed by atoms with van der Waals surface area (Å²) in [5, 5.41) is 2.83. The largest absolute Gasteiger partial charge is 0.485 e. The van der Waals surface area contributed by atoms with E-state index >= 15 is 0 Å². The van der Waals surface area contributed by atoms with E-state index in [2.05, 4.69) is 22.2 Å². The number of para-hydroxylation sites is 1. The third-order valence-electron chi connectivity index (χ3n) is 6.21. The van der Waals surface area contributed by atoms with Crippen LogP contribution in [0.15, 0.2) is 48.8 Å². The smallest absolute Gasteiger partial charge is 0.253 e. The number of nitrogens with one attached hydrogen (secondary N) is 1. The van der Waals surface area contributed by atoms with Crippen LogP contribution in [0, 0.1) is 0 Å². The van der Waals surface area contributed by atoms with Gasteiger partial charge in [-0.15, -0.1) is 0 Å². The monoisotopic (exact) mass is 422 g/mol. The number of pyridine rings is 1. The number of carbonyl (C=O) groups is 2. The summed E-state index contributed by atoms with van der Waals surface area (Å²) in [5.74, 6) is 0.454. The molecule has 164 valence electrons. The van der Waals surface area contributed by atoms with Gasteiger partial charge in [-0.05, 0) is 51.6 Å². The molecule has 1 aromatic heterocycles. The number of amides is 2. The summed E-state index contributed by atoms with van der Waals surface area (Å²) in [5.41, 5.74) is 1.02. The molecule has 2 amide bonds. The van der Waals surface area contributed by atoms with Crippen molar-refractivity contribution < 1.29 is 14.3 Å². The molecule has 2 aliphatic rings. The fourth-order valence-corrected chi connectivity index (χ4v) is 4.44. The molecule has 1 fully saturated rings. The Bertz CT molecular complexity index is 935. The Kier molecular flexibility index (Phi) is 6.23. The maximum Gasteiger partial charge on any atom is 0.253 e. The maximum absolute atomic E-state index is 13.4. The average Bonchev–Trinajstić information content (AvgIpc) is 3.06. The van der Waals surface area contributed by atoms with Crippen LogP contribution in [-0.2, 0) is 11.3 Å². The summed E-state index contributed by atoms with van der Waals surface area (Å²) >= 11 is 0. The zero-order valence-electron chi connectivity index (χ0n) is 18.2. The molecular weight excluding hydrogens is 392 g/mol. The van der Waals surface area contributed by atoms with Crippen molar-refractivity contribution in [2.75, 3.05) is 26.7 Å². The minimum absolute atomic E-state index is 0.102. The number of nitrogens with zero attached hydrogens (tertiary/aromatic N) is 3. The van der Waals surface area contributed by atoms with Crippen LogP contribution in [0.25, 0.3) is 0 Å². The van der Waals surface area contributed by atoms with Gasteiger partial charge in [0, 0.05) is 37.5 Å². The molecule has 2 aromatic rings.